The number of ether oxygens (including phenoxy) is 1. The second-order valence-electron chi connectivity index (χ2n) is 8.48. The third-order valence-corrected chi connectivity index (χ3v) is 6.65. The summed E-state index contributed by atoms with van der Waals surface area (Å²) in [7, 11) is 0. The van der Waals surface area contributed by atoms with Crippen LogP contribution < -0.4 is 5.63 Å². The van der Waals surface area contributed by atoms with Gasteiger partial charge in [0, 0.05) is 17.0 Å². The quantitative estimate of drug-likeness (QED) is 0.438. The zero-order valence-corrected chi connectivity index (χ0v) is 16.6. The van der Waals surface area contributed by atoms with Gasteiger partial charge in [0.1, 0.15) is 18.7 Å². The van der Waals surface area contributed by atoms with E-state index in [1.807, 2.05) is 12.1 Å². The van der Waals surface area contributed by atoms with Crippen LogP contribution in [0.25, 0.3) is 11.0 Å². The first-order valence-electron chi connectivity index (χ1n) is 10.6. The molecule has 0 radical (unpaired) electrons. The molecule has 30 heavy (non-hydrogen) atoms. The smallest absolute Gasteiger partial charge is 0.336 e. The maximum Gasteiger partial charge on any atom is 0.336 e. The van der Waals surface area contributed by atoms with Gasteiger partial charge >= 0.3 is 11.6 Å². The summed E-state index contributed by atoms with van der Waals surface area (Å²) >= 11 is 0. The second kappa shape index (κ2) is 7.38. The number of carbonyl (C=O) groups is 3. The van der Waals surface area contributed by atoms with Crippen molar-refractivity contribution < 1.29 is 23.5 Å². The molecule has 2 amide bonds. The maximum atomic E-state index is 12.5. The maximum absolute atomic E-state index is 12.5. The van der Waals surface area contributed by atoms with Crippen molar-refractivity contribution in [3.63, 3.8) is 0 Å². The van der Waals surface area contributed by atoms with Crippen LogP contribution in [0, 0.1) is 11.8 Å². The van der Waals surface area contributed by atoms with E-state index in [0.29, 0.717) is 24.0 Å². The van der Waals surface area contributed by atoms with Crippen LogP contribution in [0.2, 0.25) is 0 Å². The molecule has 2 atom stereocenters. The summed E-state index contributed by atoms with van der Waals surface area (Å²) in [5.41, 5.74) is 2.97. The van der Waals surface area contributed by atoms with Gasteiger partial charge in [-0.3, -0.25) is 19.3 Å². The largest absolute Gasteiger partial charge is 0.459 e. The van der Waals surface area contributed by atoms with Gasteiger partial charge in [0.15, 0.2) is 0 Å². The van der Waals surface area contributed by atoms with Crippen molar-refractivity contribution in [2.75, 3.05) is 6.54 Å². The van der Waals surface area contributed by atoms with E-state index in [1.165, 1.54) is 17.2 Å². The Hall–Kier alpha value is -2.96. The molecule has 0 bridgehead atoms. The molecule has 156 valence electrons. The van der Waals surface area contributed by atoms with Crippen LogP contribution >= 0.6 is 0 Å². The number of esters is 1. The predicted octanol–water partition coefficient (Wildman–Crippen LogP) is 2.50. The molecule has 2 aromatic rings. The van der Waals surface area contributed by atoms with Gasteiger partial charge in [0.05, 0.1) is 11.8 Å². The Kier molecular flexibility index (Phi) is 4.68. The Morgan fingerprint density at radius 2 is 1.63 bits per heavy atom. The number of imide groups is 1. The average Bonchev–Trinajstić information content (AvgIpc) is 3.29. The van der Waals surface area contributed by atoms with Gasteiger partial charge < -0.3 is 9.15 Å². The van der Waals surface area contributed by atoms with Gasteiger partial charge in [0.25, 0.3) is 0 Å². The van der Waals surface area contributed by atoms with Gasteiger partial charge in [-0.15, -0.1) is 0 Å². The van der Waals surface area contributed by atoms with Crippen LogP contribution in [-0.2, 0) is 38.6 Å². The van der Waals surface area contributed by atoms with Gasteiger partial charge in [-0.2, -0.15) is 0 Å². The Balaban J connectivity index is 1.31. The lowest BCUT2D eigenvalue weighted by Gasteiger charge is -2.19. The van der Waals surface area contributed by atoms with Crippen molar-refractivity contribution in [1.82, 2.24) is 4.90 Å². The highest BCUT2D eigenvalue weighted by atomic mass is 16.5. The van der Waals surface area contributed by atoms with E-state index in [-0.39, 0.29) is 36.8 Å². The Labute approximate surface area is 173 Å². The van der Waals surface area contributed by atoms with E-state index in [4.69, 9.17) is 9.15 Å². The number of hydrogen-bond donors (Lipinski definition) is 0. The first-order chi connectivity index (χ1) is 14.5. The fourth-order valence-electron chi connectivity index (χ4n) is 5.13. The number of rotatable bonds is 4. The summed E-state index contributed by atoms with van der Waals surface area (Å²) < 4.78 is 10.7. The third kappa shape index (κ3) is 3.22. The monoisotopic (exact) mass is 409 g/mol. The van der Waals surface area contributed by atoms with Crippen molar-refractivity contribution in [2.45, 2.75) is 51.6 Å². The van der Waals surface area contributed by atoms with Gasteiger partial charge in [-0.25, -0.2) is 4.79 Å². The number of benzene rings is 1. The zero-order chi connectivity index (χ0) is 20.8. The van der Waals surface area contributed by atoms with E-state index >= 15 is 0 Å². The molecular weight excluding hydrogens is 386 g/mol. The molecule has 3 aliphatic rings. The summed E-state index contributed by atoms with van der Waals surface area (Å²) in [6.07, 6.45) is 6.30. The molecule has 1 saturated heterocycles. The molecule has 7 nitrogen and oxygen atoms in total. The summed E-state index contributed by atoms with van der Waals surface area (Å²) in [6.45, 7) is -0.484. The van der Waals surface area contributed by atoms with Crippen molar-refractivity contribution in [3.8, 4) is 0 Å². The number of carbonyl (C=O) groups excluding carboxylic acids is 3. The molecular formula is C23H23NO6. The molecule has 7 heteroatoms. The molecule has 1 saturated carbocycles. The topological polar surface area (TPSA) is 93.9 Å². The summed E-state index contributed by atoms with van der Waals surface area (Å²) in [6, 6.07) is 5.23. The fraction of sp³-hybridized carbons (Fsp3) is 0.478. The predicted molar refractivity (Wildman–Crippen MR) is 106 cm³/mol. The molecule has 2 fully saturated rings. The van der Waals surface area contributed by atoms with Crippen LogP contribution in [0.15, 0.2) is 27.4 Å². The highest BCUT2D eigenvalue weighted by molar-refractivity contribution is 6.07. The van der Waals surface area contributed by atoms with Crippen LogP contribution in [-0.4, -0.2) is 29.2 Å². The van der Waals surface area contributed by atoms with Gasteiger partial charge in [0.2, 0.25) is 11.8 Å². The minimum atomic E-state index is -0.655. The van der Waals surface area contributed by atoms with Crippen molar-refractivity contribution in [3.05, 3.63) is 45.3 Å². The number of hydrogen-bond acceptors (Lipinski definition) is 6. The fourth-order valence-corrected chi connectivity index (χ4v) is 5.13. The van der Waals surface area contributed by atoms with Crippen molar-refractivity contribution >= 4 is 28.8 Å². The molecule has 0 spiro atoms. The Morgan fingerprint density at radius 3 is 2.33 bits per heavy atom. The minimum Gasteiger partial charge on any atom is -0.459 e. The molecule has 1 aromatic carbocycles. The Morgan fingerprint density at radius 1 is 0.967 bits per heavy atom. The highest BCUT2D eigenvalue weighted by Gasteiger charge is 2.48. The van der Waals surface area contributed by atoms with Crippen LogP contribution in [0.5, 0.6) is 0 Å². The first kappa shape index (κ1) is 19.0. The van der Waals surface area contributed by atoms with Gasteiger partial charge in [-0.1, -0.05) is 12.8 Å². The molecule has 1 aliphatic heterocycles. The summed E-state index contributed by atoms with van der Waals surface area (Å²) in [4.78, 5) is 50.5. The molecule has 0 N–H and O–H groups in total. The minimum absolute atomic E-state index is 0.108. The van der Waals surface area contributed by atoms with Crippen molar-refractivity contribution in [2.24, 2.45) is 11.8 Å². The van der Waals surface area contributed by atoms with Gasteiger partial charge in [-0.05, 0) is 55.4 Å². The highest BCUT2D eigenvalue weighted by Crippen LogP contribution is 2.38. The first-order valence-corrected chi connectivity index (χ1v) is 10.6. The number of fused-ring (bicyclic) bond motifs is 3. The van der Waals surface area contributed by atoms with E-state index in [2.05, 4.69) is 0 Å². The SMILES string of the molecule is O=C(CN1C(=O)[C@H]2CCCC[C@H]2C1=O)OCc1cc(=O)oc2cc3c(cc12)CCC3. The van der Waals surface area contributed by atoms with E-state index in [1.54, 1.807) is 0 Å². The van der Waals surface area contributed by atoms with Crippen LogP contribution in [0.4, 0.5) is 0 Å². The number of likely N-dealkylation sites (tertiary alicyclic amines) is 1. The number of nitrogens with zero attached hydrogens (tertiary/aromatic N) is 1. The average molecular weight is 409 g/mol. The normalized spacial score (nSPS) is 23.0. The zero-order valence-electron chi connectivity index (χ0n) is 16.6. The molecule has 2 heterocycles. The third-order valence-electron chi connectivity index (χ3n) is 6.65. The summed E-state index contributed by atoms with van der Waals surface area (Å²) in [5.74, 6) is -1.75. The van der Waals surface area contributed by atoms with Crippen LogP contribution in [0.3, 0.4) is 0 Å². The lowest BCUT2D eigenvalue weighted by Crippen LogP contribution is -2.36. The molecule has 2 aliphatic carbocycles. The lowest BCUT2D eigenvalue weighted by molar-refractivity contribution is -0.153. The number of aryl methyl sites for hydroxylation is 2. The Bertz CT molecular complexity index is 1090. The summed E-state index contributed by atoms with van der Waals surface area (Å²) in [5, 5.41) is 0.752. The van der Waals surface area contributed by atoms with E-state index in [0.717, 1.165) is 42.4 Å². The lowest BCUT2D eigenvalue weighted by atomic mass is 9.81. The molecule has 5 rings (SSSR count). The molecule has 0 unspecified atom stereocenters. The number of amides is 2. The van der Waals surface area contributed by atoms with E-state index < -0.39 is 11.6 Å². The molecule has 1 aromatic heterocycles. The van der Waals surface area contributed by atoms with E-state index in [9.17, 15) is 19.2 Å². The second-order valence-corrected chi connectivity index (χ2v) is 8.48. The van der Waals surface area contributed by atoms with Crippen molar-refractivity contribution in [1.29, 1.82) is 0 Å². The standard InChI is InChI=1S/C23H23NO6/c25-20-10-15(18-8-13-4-3-5-14(13)9-19(18)30-20)12-29-21(26)11-24-22(27)16-6-1-2-7-17(16)23(24)28/h8-10,16-17H,1-7,11-12H2/t16-,17+. The van der Waals surface area contributed by atoms with Crippen LogP contribution in [0.1, 0.15) is 48.8 Å².